The Kier molecular flexibility index (Phi) is 27.7. The predicted octanol–water partition coefficient (Wildman–Crippen LogP) is 21.5. The largest absolute Gasteiger partial charge is 0.505 e. The number of sulfonamides is 3. The minimum atomic E-state index is -4.11. The van der Waals surface area contributed by atoms with Crippen molar-refractivity contribution in [1.82, 2.24) is 4.98 Å². The first-order valence-corrected chi connectivity index (χ1v) is 39.9. The molecule has 2 heterocycles. The SMILES string of the molecule is CC#Cc1cc(Cl)ccc1N(C)S(=O)(=O)c1cc(Br)cc(Cl)c1O.CCN(c1ccc(Cl)cc1)S(=O)(=O)c1cc(Br)cc(Cl)c1O.O=C(Nc1cc(-c2cc3ccccc3s2)ccc1C(=O)O)c1cc(Cl)cc(Cl)c1.O=S(=O)(c1cc(Br)cc(Cl)c1O)N(Cc1cncs1)c1ccc(Cl)cc1. The fraction of sp³-hybridized carbons (Fsp3) is 0.0735. The molecule has 0 saturated carbocycles. The van der Waals surface area contributed by atoms with Crippen LogP contribution < -0.4 is 18.2 Å². The number of halogens is 11. The summed E-state index contributed by atoms with van der Waals surface area (Å²) in [5, 5.41) is 45.5. The van der Waals surface area contributed by atoms with E-state index in [4.69, 9.17) is 92.8 Å². The second-order valence-corrected chi connectivity index (χ2v) is 34.4. The third-order valence-corrected chi connectivity index (χ3v) is 24.8. The number of carbonyl (C=O) groups excluding carboxylic acids is 1. The van der Waals surface area contributed by atoms with Gasteiger partial charge in [-0.3, -0.25) is 22.7 Å². The molecule has 0 radical (unpaired) electrons. The van der Waals surface area contributed by atoms with Gasteiger partial charge in [-0.1, -0.05) is 171 Å². The Labute approximate surface area is 654 Å². The standard InChI is InChI=1S/C22H13Cl2NO3S.C16H11BrCl2N2O3S2.C16H12BrCl2NO3S.C14H12BrCl2NO3S/c23-15-7-14(8-16(24)11-15)21(26)25-18-9-13(5-6-17(18)22(27)28)20-10-12-3-1-2-4-19(12)29-20;17-10-5-14(19)16(22)15(6-10)26(23,24)21(8-13-7-20-9-25-13)12-3-1-11(18)2-4-12;1-3-4-10-7-12(18)5-6-14(10)20(2)24(22,23)15-9-11(17)8-13(19)16(15)21;1-2-18(11-5-3-10(16)4-6-11)22(20,21)13-8-9(15)7-12(17)14(13)19/h1-11H,(H,25,26)(H,27,28);1-7,9,22H,8H2;5-9,21H,1-2H3;3-8,19H,2H2,1H3. The van der Waals surface area contributed by atoms with E-state index in [0.717, 1.165) is 29.7 Å². The monoisotopic (exact) mass is 1800 g/mol. The first-order valence-electron chi connectivity index (χ1n) is 28.5. The summed E-state index contributed by atoms with van der Waals surface area (Å²) in [5.74, 6) is 2.43. The molecule has 0 unspecified atom stereocenters. The number of thiazole rings is 1. The predicted molar refractivity (Wildman–Crippen MR) is 419 cm³/mol. The molecule has 524 valence electrons. The van der Waals surface area contributed by atoms with Crippen LogP contribution in [0.1, 0.15) is 45.0 Å². The van der Waals surface area contributed by atoms with Gasteiger partial charge in [-0.2, -0.15) is 0 Å². The normalized spacial score (nSPS) is 11.1. The molecule has 0 aliphatic heterocycles. The molecule has 0 saturated heterocycles. The van der Waals surface area contributed by atoms with Gasteiger partial charge in [-0.25, -0.2) is 30.0 Å². The third kappa shape index (κ3) is 19.9. The molecule has 0 aliphatic carbocycles. The number of anilines is 4. The Hall–Kier alpha value is -6.52. The van der Waals surface area contributed by atoms with Crippen LogP contribution in [-0.4, -0.2) is 76.1 Å². The minimum absolute atomic E-state index is 0.00339. The number of benzene rings is 9. The number of carbonyl (C=O) groups is 2. The van der Waals surface area contributed by atoms with E-state index in [0.29, 0.717) is 61.2 Å². The van der Waals surface area contributed by atoms with Gasteiger partial charge >= 0.3 is 5.97 Å². The number of thiophene rings is 1. The summed E-state index contributed by atoms with van der Waals surface area (Å²) in [6, 6.07) is 45.0. The van der Waals surface area contributed by atoms with Crippen LogP contribution in [0.25, 0.3) is 20.5 Å². The number of phenols is 3. The first kappa shape index (κ1) is 80.2. The topological polar surface area (TPSA) is 252 Å². The number of carboxylic acid groups (broad SMARTS) is 1. The average molecular weight is 1810 g/mol. The molecule has 17 nitrogen and oxygen atoms in total. The molecule has 0 atom stereocenters. The van der Waals surface area contributed by atoms with Crippen LogP contribution in [0.2, 0.25) is 40.2 Å². The number of amides is 1. The van der Waals surface area contributed by atoms with Gasteiger partial charge in [-0.05, 0) is 170 Å². The third-order valence-electron chi connectivity index (χ3n) is 13.9. The second kappa shape index (κ2) is 34.8. The van der Waals surface area contributed by atoms with Gasteiger partial charge in [0.15, 0.2) is 17.2 Å². The van der Waals surface area contributed by atoms with Crippen LogP contribution in [0.5, 0.6) is 17.2 Å². The van der Waals surface area contributed by atoms with Gasteiger partial charge in [0.05, 0.1) is 61.0 Å². The van der Waals surface area contributed by atoms with E-state index in [1.807, 2.05) is 30.3 Å². The number of aromatic hydroxyl groups is 3. The number of hydrogen-bond acceptors (Lipinski definition) is 14. The smallest absolute Gasteiger partial charge is 0.337 e. The van der Waals surface area contributed by atoms with Crippen molar-refractivity contribution >= 4 is 238 Å². The highest BCUT2D eigenvalue weighted by Gasteiger charge is 2.32. The Morgan fingerprint density at radius 3 is 1.55 bits per heavy atom. The molecule has 33 heteroatoms. The van der Waals surface area contributed by atoms with Crippen LogP contribution in [0.3, 0.4) is 0 Å². The molecule has 5 N–H and O–H groups in total. The number of fused-ring (bicyclic) bond motifs is 1. The van der Waals surface area contributed by atoms with E-state index in [9.17, 15) is 55.3 Å². The van der Waals surface area contributed by atoms with E-state index in [-0.39, 0.29) is 59.7 Å². The van der Waals surface area contributed by atoms with Crippen molar-refractivity contribution in [3.63, 3.8) is 0 Å². The van der Waals surface area contributed by atoms with E-state index >= 15 is 0 Å². The summed E-state index contributed by atoms with van der Waals surface area (Å²) >= 11 is 59.8. The summed E-state index contributed by atoms with van der Waals surface area (Å²) in [6.07, 6.45) is 1.59. The Morgan fingerprint density at radius 2 is 1.07 bits per heavy atom. The first-order chi connectivity index (χ1) is 47.6. The van der Waals surface area contributed by atoms with Crippen molar-refractivity contribution in [1.29, 1.82) is 0 Å². The molecular formula is C68H48Br3Cl8N5O12S5. The molecular weight excluding hydrogens is 1760 g/mol. The number of nitrogens with zero attached hydrogens (tertiary/aromatic N) is 4. The highest BCUT2D eigenvalue weighted by atomic mass is 79.9. The summed E-state index contributed by atoms with van der Waals surface area (Å²) in [4.78, 5) is 29.1. The van der Waals surface area contributed by atoms with Crippen molar-refractivity contribution < 1.29 is 55.3 Å². The number of aromatic nitrogens is 1. The molecule has 11 aromatic rings. The lowest BCUT2D eigenvalue weighted by Crippen LogP contribution is -2.30. The molecule has 11 rings (SSSR count). The highest BCUT2D eigenvalue weighted by molar-refractivity contribution is 9.11. The van der Waals surface area contributed by atoms with Gasteiger partial charge in [0, 0.05) is 78.3 Å². The van der Waals surface area contributed by atoms with Crippen LogP contribution >= 0.6 is 163 Å². The molecule has 101 heavy (non-hydrogen) atoms. The Balaban J connectivity index is 0.000000172. The van der Waals surface area contributed by atoms with E-state index in [1.54, 1.807) is 116 Å². The quantitative estimate of drug-likeness (QED) is 0.0565. The molecule has 0 aliphatic rings. The maximum absolute atomic E-state index is 13.3. The molecule has 0 spiro atoms. The van der Waals surface area contributed by atoms with E-state index < -0.39 is 59.2 Å². The zero-order chi connectivity index (χ0) is 74.0. The highest BCUT2D eigenvalue weighted by Crippen LogP contribution is 2.42. The zero-order valence-corrected chi connectivity index (χ0v) is 66.7. The number of nitrogens with one attached hydrogen (secondary N) is 1. The summed E-state index contributed by atoms with van der Waals surface area (Å²) in [5.41, 5.74) is 4.52. The fourth-order valence-corrected chi connectivity index (χ4v) is 19.5. The number of aromatic carboxylic acids is 1. The van der Waals surface area contributed by atoms with Crippen molar-refractivity contribution in [3.8, 4) is 39.5 Å². The van der Waals surface area contributed by atoms with Crippen LogP contribution in [0.4, 0.5) is 22.7 Å². The van der Waals surface area contributed by atoms with Gasteiger partial charge in [0.2, 0.25) is 0 Å². The fourth-order valence-electron chi connectivity index (χ4n) is 9.22. The maximum atomic E-state index is 13.3. The molecule has 2 aromatic heterocycles. The van der Waals surface area contributed by atoms with Crippen LogP contribution in [-0.2, 0) is 36.6 Å². The average Bonchev–Trinajstić information content (AvgIpc) is 1.67. The van der Waals surface area contributed by atoms with Crippen molar-refractivity contribution in [2.24, 2.45) is 0 Å². The van der Waals surface area contributed by atoms with Gasteiger partial charge < -0.3 is 25.7 Å². The number of phenolic OH excluding ortho intramolecular Hbond substituents is 3. The number of hydrogen-bond donors (Lipinski definition) is 5. The van der Waals surface area contributed by atoms with Crippen molar-refractivity contribution in [2.75, 3.05) is 31.8 Å². The lowest BCUT2D eigenvalue weighted by atomic mass is 10.1. The van der Waals surface area contributed by atoms with E-state index in [2.05, 4.69) is 69.9 Å². The summed E-state index contributed by atoms with van der Waals surface area (Å²) < 4.78 is 83.9. The number of carboxylic acids is 1. The van der Waals surface area contributed by atoms with Crippen LogP contribution in [0.15, 0.2) is 210 Å². The molecule has 0 bridgehead atoms. The lowest BCUT2D eigenvalue weighted by molar-refractivity contribution is 0.0698. The summed E-state index contributed by atoms with van der Waals surface area (Å²) in [6.45, 7) is 3.58. The van der Waals surface area contributed by atoms with E-state index in [1.165, 1.54) is 87.7 Å². The lowest BCUT2D eigenvalue weighted by Gasteiger charge is -2.24. The van der Waals surface area contributed by atoms with Crippen molar-refractivity contribution in [3.05, 3.63) is 257 Å². The summed E-state index contributed by atoms with van der Waals surface area (Å²) in [7, 11) is -10.8. The zero-order valence-electron chi connectivity index (χ0n) is 51.8. The molecule has 1 amide bonds. The maximum Gasteiger partial charge on any atom is 0.337 e. The Bertz CT molecular complexity index is 5320. The van der Waals surface area contributed by atoms with Gasteiger partial charge in [0.1, 0.15) is 14.7 Å². The van der Waals surface area contributed by atoms with Crippen LogP contribution in [0, 0.1) is 11.8 Å². The number of rotatable bonds is 16. The molecule has 0 fully saturated rings. The van der Waals surface area contributed by atoms with Gasteiger partial charge in [-0.15, -0.1) is 28.6 Å². The second-order valence-electron chi connectivity index (χ2n) is 20.6. The minimum Gasteiger partial charge on any atom is -0.505 e. The van der Waals surface area contributed by atoms with Gasteiger partial charge in [0.25, 0.3) is 36.0 Å². The van der Waals surface area contributed by atoms with Crippen molar-refractivity contribution in [2.45, 2.75) is 35.1 Å². The molecule has 9 aromatic carbocycles. The Morgan fingerprint density at radius 1 is 0.574 bits per heavy atom.